The molecule has 0 aliphatic carbocycles. The number of hydrogen-bond donors (Lipinski definition) is 0. The molecular weight excluding hydrogens is 348 g/mol. The first-order valence-electron chi connectivity index (χ1n) is 8.89. The number of piperazine rings is 1. The second kappa shape index (κ2) is 6.50. The number of ether oxygens (including phenoxy) is 1. The second-order valence-corrected chi connectivity index (χ2v) is 7.70. The number of carbonyl (C=O) groups excluding carboxylic acids is 1. The highest BCUT2D eigenvalue weighted by molar-refractivity contribution is 7.15. The van der Waals surface area contributed by atoms with E-state index < -0.39 is 0 Å². The van der Waals surface area contributed by atoms with Gasteiger partial charge in [-0.1, -0.05) is 30.3 Å². The van der Waals surface area contributed by atoms with Gasteiger partial charge in [-0.25, -0.2) is 4.98 Å². The van der Waals surface area contributed by atoms with E-state index in [1.807, 2.05) is 33.1 Å². The molecule has 2 fully saturated rings. The van der Waals surface area contributed by atoms with Crippen molar-refractivity contribution in [3.8, 4) is 0 Å². The molecule has 6 nitrogen and oxygen atoms in total. The summed E-state index contributed by atoms with van der Waals surface area (Å²) in [6.45, 7) is 3.66. The van der Waals surface area contributed by atoms with Crippen molar-refractivity contribution in [2.75, 3.05) is 32.8 Å². The number of benzene rings is 1. The van der Waals surface area contributed by atoms with Gasteiger partial charge in [-0.3, -0.25) is 14.1 Å². The predicted octanol–water partition coefficient (Wildman–Crippen LogP) is 2.29. The van der Waals surface area contributed by atoms with Gasteiger partial charge in [-0.05, 0) is 5.56 Å². The fraction of sp³-hybridized carbons (Fsp3) is 0.368. The van der Waals surface area contributed by atoms with E-state index in [1.165, 1.54) is 5.56 Å². The first-order valence-corrected chi connectivity index (χ1v) is 9.77. The van der Waals surface area contributed by atoms with Gasteiger partial charge in [0.25, 0.3) is 5.91 Å². The number of nitrogens with zero attached hydrogens (tertiary/aromatic N) is 4. The number of imidazole rings is 1. The topological polar surface area (TPSA) is 50.1 Å². The molecule has 0 bridgehead atoms. The van der Waals surface area contributed by atoms with Gasteiger partial charge in [0.2, 0.25) is 0 Å². The Hall–Kier alpha value is -2.22. The van der Waals surface area contributed by atoms with Gasteiger partial charge < -0.3 is 9.64 Å². The third-order valence-corrected chi connectivity index (χ3v) is 6.07. The van der Waals surface area contributed by atoms with Crippen molar-refractivity contribution < 1.29 is 9.53 Å². The summed E-state index contributed by atoms with van der Waals surface area (Å²) in [6, 6.07) is 11.0. The van der Waals surface area contributed by atoms with Gasteiger partial charge in [0.15, 0.2) is 4.96 Å². The van der Waals surface area contributed by atoms with Gasteiger partial charge in [0.1, 0.15) is 5.69 Å². The third-order valence-electron chi connectivity index (χ3n) is 5.30. The van der Waals surface area contributed by atoms with Crippen molar-refractivity contribution in [2.45, 2.75) is 12.1 Å². The normalized spacial score (nSPS) is 23.9. The smallest absolute Gasteiger partial charge is 0.274 e. The molecule has 0 spiro atoms. The minimum atomic E-state index is 0.0161. The van der Waals surface area contributed by atoms with Crippen LogP contribution in [0.3, 0.4) is 0 Å². The molecule has 3 aromatic rings. The van der Waals surface area contributed by atoms with Crippen LogP contribution in [0, 0.1) is 0 Å². The molecule has 7 heteroatoms. The fourth-order valence-electron chi connectivity index (χ4n) is 3.98. The zero-order valence-corrected chi connectivity index (χ0v) is 15.1. The Bertz CT molecular complexity index is 893. The zero-order chi connectivity index (χ0) is 17.5. The third kappa shape index (κ3) is 2.72. The Morgan fingerprint density at radius 3 is 2.92 bits per heavy atom. The van der Waals surface area contributed by atoms with Gasteiger partial charge in [0, 0.05) is 37.4 Å². The summed E-state index contributed by atoms with van der Waals surface area (Å²) in [6.07, 6.45) is 3.76. The Morgan fingerprint density at radius 1 is 1.19 bits per heavy atom. The van der Waals surface area contributed by atoms with Crippen LogP contribution in [0.5, 0.6) is 0 Å². The lowest BCUT2D eigenvalue weighted by atomic mass is 10.00. The maximum Gasteiger partial charge on any atom is 0.274 e. The number of fused-ring (bicyclic) bond motifs is 2. The Kier molecular flexibility index (Phi) is 4.00. The molecule has 0 radical (unpaired) electrons. The number of rotatable bonds is 2. The monoisotopic (exact) mass is 368 g/mol. The van der Waals surface area contributed by atoms with Crippen LogP contribution < -0.4 is 0 Å². The van der Waals surface area contributed by atoms with Crippen LogP contribution in [0.1, 0.15) is 22.1 Å². The minimum Gasteiger partial charge on any atom is -0.378 e. The predicted molar refractivity (Wildman–Crippen MR) is 99.5 cm³/mol. The largest absolute Gasteiger partial charge is 0.378 e. The van der Waals surface area contributed by atoms with Crippen LogP contribution in [0.15, 0.2) is 48.1 Å². The van der Waals surface area contributed by atoms with E-state index in [0.717, 1.165) is 18.1 Å². The Labute approximate surface area is 155 Å². The first-order chi connectivity index (χ1) is 12.8. The summed E-state index contributed by atoms with van der Waals surface area (Å²) in [5.41, 5.74) is 1.81. The number of carbonyl (C=O) groups is 1. The lowest BCUT2D eigenvalue weighted by Crippen LogP contribution is -2.60. The summed E-state index contributed by atoms with van der Waals surface area (Å²) in [5, 5.41) is 1.97. The Morgan fingerprint density at radius 2 is 2.08 bits per heavy atom. The summed E-state index contributed by atoms with van der Waals surface area (Å²) >= 11 is 1.54. The second-order valence-electron chi connectivity index (χ2n) is 6.83. The maximum absolute atomic E-state index is 12.9. The van der Waals surface area contributed by atoms with Gasteiger partial charge in [-0.2, -0.15) is 0 Å². The van der Waals surface area contributed by atoms with Crippen molar-refractivity contribution >= 4 is 22.2 Å². The highest BCUT2D eigenvalue weighted by Gasteiger charge is 2.38. The molecule has 2 aliphatic heterocycles. The molecule has 0 N–H and O–H groups in total. The van der Waals surface area contributed by atoms with Gasteiger partial charge in [-0.15, -0.1) is 11.3 Å². The van der Waals surface area contributed by atoms with E-state index in [0.29, 0.717) is 25.5 Å². The molecule has 2 aliphatic rings. The zero-order valence-electron chi connectivity index (χ0n) is 14.3. The van der Waals surface area contributed by atoms with Gasteiger partial charge >= 0.3 is 0 Å². The highest BCUT2D eigenvalue weighted by atomic mass is 32.1. The van der Waals surface area contributed by atoms with E-state index in [-0.39, 0.29) is 18.0 Å². The summed E-state index contributed by atoms with van der Waals surface area (Å²) in [7, 11) is 0. The van der Waals surface area contributed by atoms with Crippen molar-refractivity contribution in [3.63, 3.8) is 0 Å². The SMILES string of the molecule is O=C(c1cn2ccsc2n1)N1CCN2[C@@H](COC[C@@H]2c2ccccc2)C1. The fourth-order valence-corrected chi connectivity index (χ4v) is 4.68. The Balaban J connectivity index is 1.33. The molecule has 5 rings (SSSR count). The van der Waals surface area contributed by atoms with E-state index in [1.54, 1.807) is 11.3 Å². The van der Waals surface area contributed by atoms with Crippen molar-refractivity contribution in [3.05, 3.63) is 59.4 Å². The molecule has 1 aromatic carbocycles. The first kappa shape index (κ1) is 16.0. The average Bonchev–Trinajstić information content (AvgIpc) is 3.29. The molecule has 2 atom stereocenters. The molecule has 26 heavy (non-hydrogen) atoms. The number of hydrogen-bond acceptors (Lipinski definition) is 5. The van der Waals surface area contributed by atoms with Crippen LogP contribution in [-0.2, 0) is 4.74 Å². The molecule has 1 amide bonds. The van der Waals surface area contributed by atoms with Crippen LogP contribution in [0.2, 0.25) is 0 Å². The van der Waals surface area contributed by atoms with Crippen LogP contribution in [0.4, 0.5) is 0 Å². The van der Waals surface area contributed by atoms with Crippen molar-refractivity contribution in [2.24, 2.45) is 0 Å². The standard InChI is InChI=1S/C19H20N4O2S/c24-18(16-11-22-8-9-26-19(22)20-16)21-6-7-23-15(10-21)12-25-13-17(23)14-4-2-1-3-5-14/h1-5,8-9,11,15,17H,6-7,10,12-13H2/t15-,17-/m1/s1. The molecule has 4 heterocycles. The molecule has 134 valence electrons. The number of morpholine rings is 1. The molecule has 0 unspecified atom stereocenters. The number of aromatic nitrogens is 2. The average molecular weight is 368 g/mol. The quantitative estimate of drug-likeness (QED) is 0.696. The summed E-state index contributed by atoms with van der Waals surface area (Å²) < 4.78 is 7.78. The lowest BCUT2D eigenvalue weighted by molar-refractivity contribution is -0.0770. The van der Waals surface area contributed by atoms with E-state index in [9.17, 15) is 4.79 Å². The maximum atomic E-state index is 12.9. The summed E-state index contributed by atoms with van der Waals surface area (Å²) in [4.78, 5) is 22.6. The number of amides is 1. The molecule has 0 saturated carbocycles. The van der Waals surface area contributed by atoms with E-state index in [4.69, 9.17) is 4.74 Å². The van der Waals surface area contributed by atoms with E-state index >= 15 is 0 Å². The molecule has 2 saturated heterocycles. The molecular formula is C19H20N4O2S. The van der Waals surface area contributed by atoms with Crippen molar-refractivity contribution in [1.29, 1.82) is 0 Å². The van der Waals surface area contributed by atoms with Crippen LogP contribution >= 0.6 is 11.3 Å². The molecule has 2 aromatic heterocycles. The van der Waals surface area contributed by atoms with Crippen LogP contribution in [0.25, 0.3) is 4.96 Å². The lowest BCUT2D eigenvalue weighted by Gasteiger charge is -2.48. The van der Waals surface area contributed by atoms with Gasteiger partial charge in [0.05, 0.1) is 25.3 Å². The number of thiazole rings is 1. The highest BCUT2D eigenvalue weighted by Crippen LogP contribution is 2.30. The summed E-state index contributed by atoms with van der Waals surface area (Å²) in [5.74, 6) is 0.0161. The van der Waals surface area contributed by atoms with E-state index in [2.05, 4.69) is 34.1 Å². The minimum absolute atomic E-state index is 0.0161. The van der Waals surface area contributed by atoms with Crippen LogP contribution in [-0.4, -0.2) is 64.0 Å². The van der Waals surface area contributed by atoms with Crippen molar-refractivity contribution in [1.82, 2.24) is 19.2 Å².